The second-order valence-electron chi connectivity index (χ2n) is 7.71. The van der Waals surface area contributed by atoms with E-state index in [1.165, 1.54) is 11.1 Å². The average Bonchev–Trinajstić information content (AvgIpc) is 2.81. The standard InChI is InChI=1S/C29H27NO/c1-22-7-15-26(16-8-22)30(27-17-9-23(2)10-18-27)28-19-13-24(14-20-28)11-12-25-5-4-6-29(21-25)31-3/h4-21H,1-3H3. The van der Waals surface area contributed by atoms with Gasteiger partial charge in [-0.1, -0.05) is 71.8 Å². The lowest BCUT2D eigenvalue weighted by Gasteiger charge is -2.25. The largest absolute Gasteiger partial charge is 0.497 e. The first-order valence-corrected chi connectivity index (χ1v) is 10.5. The predicted molar refractivity (Wildman–Crippen MR) is 133 cm³/mol. The fraction of sp³-hybridized carbons (Fsp3) is 0.103. The van der Waals surface area contributed by atoms with Crippen molar-refractivity contribution in [1.29, 1.82) is 0 Å². The van der Waals surface area contributed by atoms with E-state index >= 15 is 0 Å². The van der Waals surface area contributed by atoms with E-state index in [-0.39, 0.29) is 0 Å². The van der Waals surface area contributed by atoms with Crippen LogP contribution >= 0.6 is 0 Å². The molecule has 0 unspecified atom stereocenters. The molecule has 0 amide bonds. The number of hydrogen-bond donors (Lipinski definition) is 0. The van der Waals surface area contributed by atoms with Crippen molar-refractivity contribution in [2.75, 3.05) is 12.0 Å². The molecule has 0 heterocycles. The first-order chi connectivity index (χ1) is 15.1. The lowest BCUT2D eigenvalue weighted by molar-refractivity contribution is 0.414. The Kier molecular flexibility index (Phi) is 6.18. The molecule has 0 N–H and O–H groups in total. The average molecular weight is 406 g/mol. The van der Waals surface area contributed by atoms with Crippen molar-refractivity contribution < 1.29 is 4.74 Å². The minimum Gasteiger partial charge on any atom is -0.497 e. The van der Waals surface area contributed by atoms with E-state index in [1.54, 1.807) is 7.11 Å². The highest BCUT2D eigenvalue weighted by Crippen LogP contribution is 2.34. The van der Waals surface area contributed by atoms with E-state index in [4.69, 9.17) is 4.74 Å². The highest BCUT2D eigenvalue weighted by molar-refractivity contribution is 5.78. The fourth-order valence-corrected chi connectivity index (χ4v) is 3.51. The van der Waals surface area contributed by atoms with Crippen LogP contribution in [0.5, 0.6) is 5.75 Å². The van der Waals surface area contributed by atoms with Crippen molar-refractivity contribution in [3.63, 3.8) is 0 Å². The molecule has 0 radical (unpaired) electrons. The van der Waals surface area contributed by atoms with Gasteiger partial charge in [0.25, 0.3) is 0 Å². The molecule has 0 fully saturated rings. The normalized spacial score (nSPS) is 10.9. The van der Waals surface area contributed by atoms with Gasteiger partial charge in [0.05, 0.1) is 7.11 Å². The summed E-state index contributed by atoms with van der Waals surface area (Å²) in [5.74, 6) is 0.865. The molecule has 0 spiro atoms. The van der Waals surface area contributed by atoms with Crippen molar-refractivity contribution in [1.82, 2.24) is 0 Å². The zero-order valence-electron chi connectivity index (χ0n) is 18.2. The van der Waals surface area contributed by atoms with Crippen LogP contribution in [-0.4, -0.2) is 7.11 Å². The number of methoxy groups -OCH3 is 1. The maximum atomic E-state index is 5.31. The quantitative estimate of drug-likeness (QED) is 0.302. The lowest BCUT2D eigenvalue weighted by atomic mass is 10.1. The maximum Gasteiger partial charge on any atom is 0.119 e. The molecule has 0 saturated carbocycles. The number of ether oxygens (including phenoxy) is 1. The van der Waals surface area contributed by atoms with E-state index < -0.39 is 0 Å². The van der Waals surface area contributed by atoms with Crippen LogP contribution in [0.1, 0.15) is 22.3 Å². The van der Waals surface area contributed by atoms with E-state index in [1.807, 2.05) is 18.2 Å². The van der Waals surface area contributed by atoms with Crippen LogP contribution in [0, 0.1) is 13.8 Å². The van der Waals surface area contributed by atoms with Crippen molar-refractivity contribution in [3.05, 3.63) is 119 Å². The Bertz CT molecular complexity index is 1110. The number of anilines is 3. The molecule has 4 rings (SSSR count). The molecule has 0 atom stereocenters. The Morgan fingerprint density at radius 1 is 0.581 bits per heavy atom. The van der Waals surface area contributed by atoms with Gasteiger partial charge in [-0.2, -0.15) is 0 Å². The monoisotopic (exact) mass is 405 g/mol. The zero-order chi connectivity index (χ0) is 21.6. The van der Waals surface area contributed by atoms with Crippen molar-refractivity contribution >= 4 is 29.2 Å². The van der Waals surface area contributed by atoms with Gasteiger partial charge in [0.2, 0.25) is 0 Å². The summed E-state index contributed by atoms with van der Waals surface area (Å²) in [6.07, 6.45) is 4.23. The number of rotatable bonds is 6. The summed E-state index contributed by atoms with van der Waals surface area (Å²) < 4.78 is 5.31. The summed E-state index contributed by atoms with van der Waals surface area (Å²) in [5, 5.41) is 0. The van der Waals surface area contributed by atoms with Crippen LogP contribution in [-0.2, 0) is 0 Å². The summed E-state index contributed by atoms with van der Waals surface area (Å²) in [6, 6.07) is 34.0. The van der Waals surface area contributed by atoms with Gasteiger partial charge < -0.3 is 9.64 Å². The first kappa shape index (κ1) is 20.5. The summed E-state index contributed by atoms with van der Waals surface area (Å²) in [6.45, 7) is 4.23. The van der Waals surface area contributed by atoms with Gasteiger partial charge in [-0.15, -0.1) is 0 Å². The van der Waals surface area contributed by atoms with Gasteiger partial charge in [0.15, 0.2) is 0 Å². The highest BCUT2D eigenvalue weighted by atomic mass is 16.5. The number of hydrogen-bond acceptors (Lipinski definition) is 2. The minimum atomic E-state index is 0.865. The highest BCUT2D eigenvalue weighted by Gasteiger charge is 2.12. The van der Waals surface area contributed by atoms with Gasteiger partial charge in [0, 0.05) is 17.1 Å². The molecule has 0 aromatic heterocycles. The van der Waals surface area contributed by atoms with Gasteiger partial charge in [-0.3, -0.25) is 0 Å². The van der Waals surface area contributed by atoms with E-state index in [2.05, 4.69) is 110 Å². The van der Waals surface area contributed by atoms with Crippen LogP contribution in [0.25, 0.3) is 12.2 Å². The minimum absolute atomic E-state index is 0.865. The van der Waals surface area contributed by atoms with Crippen LogP contribution in [0.15, 0.2) is 97.1 Å². The molecule has 31 heavy (non-hydrogen) atoms. The SMILES string of the molecule is COc1cccc(C=Cc2ccc(N(c3ccc(C)cc3)c3ccc(C)cc3)cc2)c1. The Balaban J connectivity index is 1.63. The van der Waals surface area contributed by atoms with Crippen molar-refractivity contribution in [2.45, 2.75) is 13.8 Å². The van der Waals surface area contributed by atoms with E-state index in [0.29, 0.717) is 0 Å². The number of aryl methyl sites for hydroxylation is 2. The van der Waals surface area contributed by atoms with Gasteiger partial charge in [-0.05, 0) is 73.5 Å². The predicted octanol–water partition coefficient (Wildman–Crippen LogP) is 7.95. The third-order valence-electron chi connectivity index (χ3n) is 5.30. The molecule has 2 heteroatoms. The third kappa shape index (κ3) is 5.04. The van der Waals surface area contributed by atoms with Gasteiger partial charge >= 0.3 is 0 Å². The number of nitrogens with zero attached hydrogens (tertiary/aromatic N) is 1. The summed E-state index contributed by atoms with van der Waals surface area (Å²) in [5.41, 5.74) is 8.20. The van der Waals surface area contributed by atoms with Crippen molar-refractivity contribution in [3.8, 4) is 5.75 Å². The lowest BCUT2D eigenvalue weighted by Crippen LogP contribution is -2.09. The maximum absolute atomic E-state index is 5.31. The molecule has 4 aromatic rings. The van der Waals surface area contributed by atoms with E-state index in [9.17, 15) is 0 Å². The number of benzene rings is 4. The van der Waals surface area contributed by atoms with Gasteiger partial charge in [-0.25, -0.2) is 0 Å². The molecule has 2 nitrogen and oxygen atoms in total. The van der Waals surface area contributed by atoms with Crippen LogP contribution in [0.4, 0.5) is 17.1 Å². The molecular formula is C29H27NO. The van der Waals surface area contributed by atoms with Crippen molar-refractivity contribution in [2.24, 2.45) is 0 Å². The molecule has 0 saturated heterocycles. The second kappa shape index (κ2) is 9.36. The Morgan fingerprint density at radius 3 is 1.58 bits per heavy atom. The molecule has 0 aliphatic rings. The van der Waals surface area contributed by atoms with E-state index in [0.717, 1.165) is 33.9 Å². The Hall–Kier alpha value is -3.78. The molecule has 4 aromatic carbocycles. The third-order valence-corrected chi connectivity index (χ3v) is 5.30. The van der Waals surface area contributed by atoms with Crippen LogP contribution in [0.3, 0.4) is 0 Å². The van der Waals surface area contributed by atoms with Crippen LogP contribution in [0.2, 0.25) is 0 Å². The van der Waals surface area contributed by atoms with Crippen LogP contribution < -0.4 is 9.64 Å². The molecule has 154 valence electrons. The Morgan fingerprint density at radius 2 is 1.06 bits per heavy atom. The zero-order valence-corrected chi connectivity index (χ0v) is 18.2. The smallest absolute Gasteiger partial charge is 0.119 e. The fourth-order valence-electron chi connectivity index (χ4n) is 3.51. The summed E-state index contributed by atoms with van der Waals surface area (Å²) in [4.78, 5) is 2.29. The second-order valence-corrected chi connectivity index (χ2v) is 7.71. The first-order valence-electron chi connectivity index (χ1n) is 10.5. The molecule has 0 bridgehead atoms. The molecule has 0 aliphatic heterocycles. The molecular weight excluding hydrogens is 378 g/mol. The topological polar surface area (TPSA) is 12.5 Å². The molecule has 0 aliphatic carbocycles. The Labute approximate surface area is 185 Å². The summed E-state index contributed by atoms with van der Waals surface area (Å²) >= 11 is 0. The van der Waals surface area contributed by atoms with Gasteiger partial charge in [0.1, 0.15) is 5.75 Å². The summed E-state index contributed by atoms with van der Waals surface area (Å²) in [7, 11) is 1.69.